The molecule has 0 saturated carbocycles. The highest BCUT2D eigenvalue weighted by atomic mass is 79.9. The van der Waals surface area contributed by atoms with Crippen LogP contribution >= 0.6 is 15.9 Å². The van der Waals surface area contributed by atoms with Crippen LogP contribution in [0.4, 0.5) is 4.39 Å². The van der Waals surface area contributed by atoms with E-state index in [-0.39, 0.29) is 17.3 Å². The average Bonchev–Trinajstić information content (AvgIpc) is 2.43. The highest BCUT2D eigenvalue weighted by Gasteiger charge is 2.09. The van der Waals surface area contributed by atoms with Gasteiger partial charge in [0.25, 0.3) is 0 Å². The van der Waals surface area contributed by atoms with Gasteiger partial charge in [0.1, 0.15) is 11.6 Å². The summed E-state index contributed by atoms with van der Waals surface area (Å²) in [6, 6.07) is 4.02. The molecule has 2 aromatic rings. The molecule has 0 unspecified atom stereocenters. The normalized spacial score (nSPS) is 10.1. The molecule has 19 heavy (non-hydrogen) atoms. The van der Waals surface area contributed by atoms with Gasteiger partial charge >= 0.3 is 5.97 Å². The Morgan fingerprint density at radius 2 is 2.11 bits per heavy atom. The monoisotopic (exact) mass is 326 g/mol. The molecule has 0 aliphatic rings. The minimum atomic E-state index is -0.592. The summed E-state index contributed by atoms with van der Waals surface area (Å²) in [4.78, 5) is 18.9. The van der Waals surface area contributed by atoms with Crippen molar-refractivity contribution in [1.82, 2.24) is 9.97 Å². The summed E-state index contributed by atoms with van der Waals surface area (Å²) in [5.41, 5.74) is 0.0631. The van der Waals surface area contributed by atoms with Gasteiger partial charge < -0.3 is 9.47 Å². The number of ether oxygens (including phenoxy) is 2. The van der Waals surface area contributed by atoms with E-state index >= 15 is 0 Å². The number of rotatable bonds is 3. The summed E-state index contributed by atoms with van der Waals surface area (Å²) in [6.45, 7) is 0. The van der Waals surface area contributed by atoms with Gasteiger partial charge in [0.05, 0.1) is 24.0 Å². The van der Waals surface area contributed by atoms with Gasteiger partial charge in [-0.1, -0.05) is 0 Å². The summed E-state index contributed by atoms with van der Waals surface area (Å²) < 4.78 is 23.5. The van der Waals surface area contributed by atoms with E-state index < -0.39 is 11.8 Å². The molecule has 1 aromatic carbocycles. The van der Waals surface area contributed by atoms with Crippen LogP contribution in [0.2, 0.25) is 0 Å². The number of esters is 1. The lowest BCUT2D eigenvalue weighted by atomic mass is 10.3. The van der Waals surface area contributed by atoms with Crippen LogP contribution in [0.1, 0.15) is 10.5 Å². The topological polar surface area (TPSA) is 61.3 Å². The van der Waals surface area contributed by atoms with Gasteiger partial charge in [-0.2, -0.15) is 0 Å². The summed E-state index contributed by atoms with van der Waals surface area (Å²) in [7, 11) is 1.25. The van der Waals surface area contributed by atoms with Crippen LogP contribution in [0.15, 0.2) is 35.1 Å². The fourth-order valence-electron chi connectivity index (χ4n) is 1.25. The third-order valence-electron chi connectivity index (χ3n) is 2.13. The molecule has 0 fully saturated rings. The smallest absolute Gasteiger partial charge is 0.358 e. The average molecular weight is 327 g/mol. The highest BCUT2D eigenvalue weighted by molar-refractivity contribution is 9.10. The number of carbonyl (C=O) groups excluding carboxylic acids is 1. The van der Waals surface area contributed by atoms with E-state index in [1.54, 1.807) is 0 Å². The summed E-state index contributed by atoms with van der Waals surface area (Å²) in [6.07, 6.45) is 2.47. The first-order chi connectivity index (χ1) is 9.10. The van der Waals surface area contributed by atoms with Gasteiger partial charge in [-0.05, 0) is 28.1 Å². The molecule has 0 atom stereocenters. The highest BCUT2D eigenvalue weighted by Crippen LogP contribution is 2.29. The first-order valence-electron chi connectivity index (χ1n) is 5.13. The molecule has 0 spiro atoms. The van der Waals surface area contributed by atoms with E-state index in [2.05, 4.69) is 30.6 Å². The molecular weight excluding hydrogens is 319 g/mol. The maximum absolute atomic E-state index is 13.1. The quantitative estimate of drug-likeness (QED) is 0.811. The van der Waals surface area contributed by atoms with E-state index in [9.17, 15) is 9.18 Å². The standard InChI is InChI=1S/C12H8BrFN2O3/c1-18-12(17)9-5-16-11(6-15-9)19-10-4-7(14)2-3-8(10)13/h2-6H,1H3. The van der Waals surface area contributed by atoms with E-state index in [1.807, 2.05) is 0 Å². The molecule has 0 saturated heterocycles. The number of methoxy groups -OCH3 is 1. The van der Waals surface area contributed by atoms with Crippen LogP contribution in [0, 0.1) is 5.82 Å². The van der Waals surface area contributed by atoms with Crippen molar-refractivity contribution in [2.24, 2.45) is 0 Å². The molecule has 0 amide bonds. The molecule has 0 bridgehead atoms. The fraction of sp³-hybridized carbons (Fsp3) is 0.0833. The second-order valence-electron chi connectivity index (χ2n) is 3.41. The molecule has 1 heterocycles. The first kappa shape index (κ1) is 13.4. The van der Waals surface area contributed by atoms with Gasteiger partial charge in [-0.15, -0.1) is 0 Å². The van der Waals surface area contributed by atoms with Crippen molar-refractivity contribution in [2.45, 2.75) is 0 Å². The summed E-state index contributed by atoms with van der Waals surface area (Å²) in [5.74, 6) is -0.623. The Labute approximate surface area is 116 Å². The Balaban J connectivity index is 2.19. The van der Waals surface area contributed by atoms with E-state index in [1.165, 1.54) is 37.7 Å². The van der Waals surface area contributed by atoms with Crippen molar-refractivity contribution in [3.8, 4) is 11.6 Å². The number of hydrogen-bond donors (Lipinski definition) is 0. The second-order valence-corrected chi connectivity index (χ2v) is 4.26. The number of benzene rings is 1. The van der Waals surface area contributed by atoms with E-state index in [4.69, 9.17) is 4.74 Å². The zero-order chi connectivity index (χ0) is 13.8. The number of nitrogens with zero attached hydrogens (tertiary/aromatic N) is 2. The SMILES string of the molecule is COC(=O)c1cnc(Oc2cc(F)ccc2Br)cn1. The van der Waals surface area contributed by atoms with Gasteiger partial charge in [0, 0.05) is 6.07 Å². The van der Waals surface area contributed by atoms with E-state index in [0.717, 1.165) is 0 Å². The molecule has 0 aliphatic heterocycles. The fourth-order valence-corrected chi connectivity index (χ4v) is 1.57. The Morgan fingerprint density at radius 3 is 2.74 bits per heavy atom. The minimum Gasteiger partial charge on any atom is -0.464 e. The first-order valence-corrected chi connectivity index (χ1v) is 5.92. The Hall–Kier alpha value is -2.02. The lowest BCUT2D eigenvalue weighted by molar-refractivity contribution is 0.0593. The van der Waals surface area contributed by atoms with Crippen molar-refractivity contribution >= 4 is 21.9 Å². The lowest BCUT2D eigenvalue weighted by Gasteiger charge is -2.06. The molecule has 2 rings (SSSR count). The minimum absolute atomic E-state index is 0.0631. The molecule has 98 valence electrons. The molecule has 5 nitrogen and oxygen atoms in total. The molecule has 0 radical (unpaired) electrons. The Morgan fingerprint density at radius 1 is 1.32 bits per heavy atom. The van der Waals surface area contributed by atoms with Crippen molar-refractivity contribution in [1.29, 1.82) is 0 Å². The maximum atomic E-state index is 13.1. The van der Waals surface area contributed by atoms with Crippen LogP contribution in [-0.4, -0.2) is 23.0 Å². The van der Waals surface area contributed by atoms with Crippen molar-refractivity contribution in [2.75, 3.05) is 7.11 Å². The predicted octanol–water partition coefficient (Wildman–Crippen LogP) is 2.96. The molecule has 1 aromatic heterocycles. The molecule has 0 N–H and O–H groups in total. The summed E-state index contributed by atoms with van der Waals surface area (Å²) in [5, 5.41) is 0. The van der Waals surface area contributed by atoms with Gasteiger partial charge in [0.2, 0.25) is 5.88 Å². The van der Waals surface area contributed by atoms with Gasteiger partial charge in [0.15, 0.2) is 5.69 Å². The maximum Gasteiger partial charge on any atom is 0.358 e. The Bertz CT molecular complexity index is 604. The van der Waals surface area contributed by atoms with Crippen LogP contribution in [0.25, 0.3) is 0 Å². The number of hydrogen-bond acceptors (Lipinski definition) is 5. The molecular formula is C12H8BrFN2O3. The van der Waals surface area contributed by atoms with Crippen LogP contribution in [-0.2, 0) is 4.74 Å². The molecule has 0 aliphatic carbocycles. The Kier molecular flexibility index (Phi) is 4.06. The van der Waals surface area contributed by atoms with Crippen LogP contribution in [0.5, 0.6) is 11.6 Å². The van der Waals surface area contributed by atoms with Crippen molar-refractivity contribution < 1.29 is 18.7 Å². The third-order valence-corrected chi connectivity index (χ3v) is 2.79. The van der Waals surface area contributed by atoms with Gasteiger partial charge in [-0.25, -0.2) is 19.2 Å². The zero-order valence-corrected chi connectivity index (χ0v) is 11.3. The number of halogens is 2. The lowest BCUT2D eigenvalue weighted by Crippen LogP contribution is -2.04. The van der Waals surface area contributed by atoms with Gasteiger partial charge in [-0.3, -0.25) is 0 Å². The van der Waals surface area contributed by atoms with Crippen molar-refractivity contribution in [3.63, 3.8) is 0 Å². The number of aromatic nitrogens is 2. The zero-order valence-electron chi connectivity index (χ0n) is 9.76. The molecule has 7 heteroatoms. The summed E-state index contributed by atoms with van der Waals surface area (Å²) >= 11 is 3.22. The number of carbonyl (C=O) groups is 1. The van der Waals surface area contributed by atoms with Crippen LogP contribution < -0.4 is 4.74 Å². The van der Waals surface area contributed by atoms with E-state index in [0.29, 0.717) is 4.47 Å². The largest absolute Gasteiger partial charge is 0.464 e. The second kappa shape index (κ2) is 5.75. The predicted molar refractivity (Wildman–Crippen MR) is 67.5 cm³/mol. The van der Waals surface area contributed by atoms with Crippen LogP contribution in [0.3, 0.4) is 0 Å². The third kappa shape index (κ3) is 3.25. The van der Waals surface area contributed by atoms with Crippen molar-refractivity contribution in [3.05, 3.63) is 46.6 Å².